The van der Waals surface area contributed by atoms with Crippen LogP contribution in [0.3, 0.4) is 0 Å². The molecule has 1 aromatic rings. The summed E-state index contributed by atoms with van der Waals surface area (Å²) in [5.74, 6) is -3.04. The van der Waals surface area contributed by atoms with Crippen LogP contribution in [0.5, 0.6) is 5.75 Å². The molecule has 4 N–H and O–H groups in total. The number of aromatic hydroxyl groups is 1. The number of amides is 2. The number of aliphatic carboxylic acids is 1. The second-order valence-corrected chi connectivity index (χ2v) is 12.2. The number of phenolic OH excluding ortho intramolecular Hbond substituents is 1. The van der Waals surface area contributed by atoms with E-state index in [0.29, 0.717) is 56.1 Å². The number of phenols is 1. The average molecular weight is 635 g/mol. The number of fused-ring (bicyclic) bond motifs is 1. The molecule has 0 saturated carbocycles. The van der Waals surface area contributed by atoms with E-state index in [2.05, 4.69) is 22.9 Å². The van der Waals surface area contributed by atoms with Gasteiger partial charge in [0.05, 0.1) is 24.5 Å². The summed E-state index contributed by atoms with van der Waals surface area (Å²) in [6, 6.07) is 5.27. The number of halogens is 1. The molecular formula is C32H44BrNO7. The molecule has 226 valence electrons. The van der Waals surface area contributed by atoms with E-state index in [1.807, 2.05) is 19.1 Å². The van der Waals surface area contributed by atoms with Gasteiger partial charge in [-0.1, -0.05) is 66.3 Å². The first-order valence-electron chi connectivity index (χ1n) is 14.9. The van der Waals surface area contributed by atoms with Crippen LogP contribution in [0.1, 0.15) is 90.0 Å². The molecule has 2 aliphatic rings. The monoisotopic (exact) mass is 633 g/mol. The minimum Gasteiger partial charge on any atom is -0.507 e. The zero-order chi connectivity index (χ0) is 30.1. The molecule has 41 heavy (non-hydrogen) atoms. The van der Waals surface area contributed by atoms with E-state index >= 15 is 0 Å². The van der Waals surface area contributed by atoms with Crippen molar-refractivity contribution in [3.8, 4) is 5.75 Å². The van der Waals surface area contributed by atoms with E-state index in [1.54, 1.807) is 12.1 Å². The fraction of sp³-hybridized carbons (Fsp3) is 0.594. The lowest BCUT2D eigenvalue weighted by Gasteiger charge is -2.36. The number of carboxylic acids is 1. The first-order valence-corrected chi connectivity index (χ1v) is 15.7. The van der Waals surface area contributed by atoms with E-state index in [1.165, 1.54) is 4.90 Å². The van der Waals surface area contributed by atoms with Crippen LogP contribution in [-0.4, -0.2) is 62.4 Å². The van der Waals surface area contributed by atoms with Gasteiger partial charge in [0.15, 0.2) is 0 Å². The fourth-order valence-corrected chi connectivity index (χ4v) is 6.81. The van der Waals surface area contributed by atoms with Gasteiger partial charge in [-0.05, 0) is 68.7 Å². The summed E-state index contributed by atoms with van der Waals surface area (Å²) in [5, 5.41) is 41.2. The summed E-state index contributed by atoms with van der Waals surface area (Å²) in [7, 11) is 0. The number of unbranched alkanes of at least 4 members (excludes halogenated alkanes) is 2. The number of aliphatic hydroxyl groups excluding tert-OH is 2. The second kappa shape index (κ2) is 15.7. The molecule has 0 aromatic heterocycles. The number of carbonyl (C=O) groups excluding carboxylic acids is 2. The van der Waals surface area contributed by atoms with Crippen LogP contribution >= 0.6 is 15.9 Å². The van der Waals surface area contributed by atoms with E-state index in [9.17, 15) is 29.7 Å². The zero-order valence-electron chi connectivity index (χ0n) is 24.1. The molecule has 2 amide bonds. The van der Waals surface area contributed by atoms with Crippen LogP contribution < -0.4 is 0 Å². The Labute approximate surface area is 251 Å². The van der Waals surface area contributed by atoms with Crippen molar-refractivity contribution in [2.24, 2.45) is 17.8 Å². The molecule has 8 nitrogen and oxygen atoms in total. The van der Waals surface area contributed by atoms with Gasteiger partial charge in [-0.25, -0.2) is 0 Å². The van der Waals surface area contributed by atoms with Gasteiger partial charge in [0, 0.05) is 28.9 Å². The summed E-state index contributed by atoms with van der Waals surface area (Å²) < 4.78 is 0.861. The third-order valence-corrected chi connectivity index (χ3v) is 8.81. The van der Waals surface area contributed by atoms with Crippen molar-refractivity contribution in [2.75, 3.05) is 13.2 Å². The summed E-state index contributed by atoms with van der Waals surface area (Å²) >= 11 is 3.45. The quantitative estimate of drug-likeness (QED) is 0.102. The summed E-state index contributed by atoms with van der Waals surface area (Å²) in [6.07, 6.45) is 7.43. The standard InChI is InChI=1S/C32H44BrNO7/c1-3-8-20(16-22-17-23(33)12-14-26(22)36)11-13-27(37)29-21(9-4-2)18-24-30(25(29)19-35)32(41)34(31(24)40)15-7-5-6-10-28(38)39/h12,14,16-17,24-25,27,30,35-37H,3-11,13,15,18-19H2,1-2H3,(H,38,39)/b20-16+/t24-,25+,27-,30-/m1/s1. The van der Waals surface area contributed by atoms with Crippen LogP contribution in [0.15, 0.2) is 39.4 Å². The van der Waals surface area contributed by atoms with Gasteiger partial charge in [-0.3, -0.25) is 19.3 Å². The number of hydrogen-bond acceptors (Lipinski definition) is 6. The number of benzene rings is 1. The summed E-state index contributed by atoms with van der Waals surface area (Å²) in [4.78, 5) is 38.9. The zero-order valence-corrected chi connectivity index (χ0v) is 25.7. The highest BCUT2D eigenvalue weighted by Gasteiger charge is 2.54. The lowest BCUT2D eigenvalue weighted by Crippen LogP contribution is -2.39. The highest BCUT2D eigenvalue weighted by Crippen LogP contribution is 2.47. The average Bonchev–Trinajstić information content (AvgIpc) is 3.17. The molecule has 0 radical (unpaired) electrons. The van der Waals surface area contributed by atoms with Crippen LogP contribution in [-0.2, 0) is 14.4 Å². The highest BCUT2D eigenvalue weighted by atomic mass is 79.9. The van der Waals surface area contributed by atoms with Crippen LogP contribution in [0.2, 0.25) is 0 Å². The number of allylic oxidation sites excluding steroid dienone is 2. The third-order valence-electron chi connectivity index (χ3n) is 8.31. The predicted molar refractivity (Wildman–Crippen MR) is 161 cm³/mol. The number of hydrogen-bond donors (Lipinski definition) is 4. The molecule has 4 atom stereocenters. The number of carbonyl (C=O) groups is 3. The molecule has 1 saturated heterocycles. The summed E-state index contributed by atoms with van der Waals surface area (Å²) in [5.41, 5.74) is 3.47. The van der Waals surface area contributed by atoms with E-state index in [-0.39, 0.29) is 37.1 Å². The molecule has 0 unspecified atom stereocenters. The van der Waals surface area contributed by atoms with E-state index in [4.69, 9.17) is 5.11 Å². The van der Waals surface area contributed by atoms with Crippen molar-refractivity contribution < 1.29 is 34.8 Å². The topological polar surface area (TPSA) is 135 Å². The molecular weight excluding hydrogens is 590 g/mol. The van der Waals surface area contributed by atoms with Crippen LogP contribution in [0.25, 0.3) is 6.08 Å². The Kier molecular flexibility index (Phi) is 12.6. The summed E-state index contributed by atoms with van der Waals surface area (Å²) in [6.45, 7) is 4.04. The van der Waals surface area contributed by atoms with E-state index in [0.717, 1.165) is 34.9 Å². The van der Waals surface area contributed by atoms with Crippen molar-refractivity contribution in [1.82, 2.24) is 4.90 Å². The van der Waals surface area contributed by atoms with Crippen LogP contribution in [0, 0.1) is 17.8 Å². The molecule has 1 aliphatic carbocycles. The van der Waals surface area contributed by atoms with Gasteiger partial charge in [0.25, 0.3) is 0 Å². The number of nitrogens with zero attached hydrogens (tertiary/aromatic N) is 1. The lowest BCUT2D eigenvalue weighted by molar-refractivity contribution is -0.141. The second-order valence-electron chi connectivity index (χ2n) is 11.3. The fourth-order valence-electron chi connectivity index (χ4n) is 6.44. The van der Waals surface area contributed by atoms with Gasteiger partial charge in [0.2, 0.25) is 11.8 Å². The van der Waals surface area contributed by atoms with Gasteiger partial charge in [0.1, 0.15) is 5.75 Å². The van der Waals surface area contributed by atoms with Gasteiger partial charge in [-0.15, -0.1) is 0 Å². The molecule has 1 aromatic carbocycles. The maximum absolute atomic E-state index is 13.5. The van der Waals surface area contributed by atoms with Crippen molar-refractivity contribution in [2.45, 2.75) is 90.6 Å². The minimum atomic E-state index is -0.862. The van der Waals surface area contributed by atoms with Crippen molar-refractivity contribution >= 4 is 39.8 Å². The Morgan fingerprint density at radius 2 is 1.85 bits per heavy atom. The molecule has 0 bridgehead atoms. The number of aliphatic hydroxyl groups is 2. The maximum Gasteiger partial charge on any atom is 0.303 e. The Hall–Kier alpha value is -2.49. The number of imide groups is 1. The maximum atomic E-state index is 13.5. The normalized spacial score (nSPS) is 21.9. The molecule has 1 heterocycles. The van der Waals surface area contributed by atoms with Gasteiger partial charge in [-0.2, -0.15) is 0 Å². The van der Waals surface area contributed by atoms with Crippen molar-refractivity contribution in [3.05, 3.63) is 45.0 Å². The Morgan fingerprint density at radius 3 is 2.51 bits per heavy atom. The van der Waals surface area contributed by atoms with Crippen LogP contribution in [0.4, 0.5) is 0 Å². The predicted octanol–water partition coefficient (Wildman–Crippen LogP) is 5.83. The highest BCUT2D eigenvalue weighted by molar-refractivity contribution is 9.10. The number of carboxylic acid groups (broad SMARTS) is 1. The van der Waals surface area contributed by atoms with Gasteiger partial charge >= 0.3 is 5.97 Å². The molecule has 1 aliphatic heterocycles. The Bertz CT molecular complexity index is 1160. The lowest BCUT2D eigenvalue weighted by atomic mass is 9.67. The third kappa shape index (κ3) is 8.30. The van der Waals surface area contributed by atoms with E-state index < -0.39 is 29.8 Å². The first kappa shape index (κ1) is 33.0. The molecule has 0 spiro atoms. The van der Waals surface area contributed by atoms with Gasteiger partial charge < -0.3 is 20.4 Å². The SMILES string of the molecule is CCCC1=C([C@H](O)CC/C(=C/c2cc(Br)ccc2O)CCC)[C@H](CO)[C@@H]2C(=O)N(CCCCCC(=O)O)C(=O)[C@@H]2C1. The molecule has 3 rings (SSSR count). The smallest absolute Gasteiger partial charge is 0.303 e. The largest absolute Gasteiger partial charge is 0.507 e. The molecule has 9 heteroatoms. The number of likely N-dealkylation sites (tertiary alicyclic amines) is 1. The number of rotatable bonds is 16. The first-order chi connectivity index (χ1) is 19.6. The van der Waals surface area contributed by atoms with Crippen molar-refractivity contribution in [3.63, 3.8) is 0 Å². The van der Waals surface area contributed by atoms with Crippen molar-refractivity contribution in [1.29, 1.82) is 0 Å². The Morgan fingerprint density at radius 1 is 1.10 bits per heavy atom. The minimum absolute atomic E-state index is 0.0600. The molecule has 1 fully saturated rings. The Balaban J connectivity index is 1.79.